The summed E-state index contributed by atoms with van der Waals surface area (Å²) in [6, 6.07) is 2.05. The lowest BCUT2D eigenvalue weighted by Crippen LogP contribution is -2.43. The summed E-state index contributed by atoms with van der Waals surface area (Å²) in [4.78, 5) is 19.4. The van der Waals surface area contributed by atoms with Crippen molar-refractivity contribution < 1.29 is 9.63 Å². The number of rotatable bonds is 8. The van der Waals surface area contributed by atoms with Gasteiger partial charge < -0.3 is 0 Å². The first-order valence-electron chi connectivity index (χ1n) is 7.98. The molecule has 128 valence electrons. The van der Waals surface area contributed by atoms with Crippen LogP contribution in [0.1, 0.15) is 52.0 Å². The minimum atomic E-state index is -0.250. The highest BCUT2D eigenvalue weighted by Gasteiger charge is 2.26. The Bertz CT molecular complexity index is 542. The van der Waals surface area contributed by atoms with Crippen LogP contribution in [0.3, 0.4) is 0 Å². The highest BCUT2D eigenvalue weighted by Crippen LogP contribution is 2.32. The third-order valence-electron chi connectivity index (χ3n) is 3.59. The third kappa shape index (κ3) is 4.62. The molecule has 0 fully saturated rings. The fourth-order valence-corrected chi connectivity index (χ4v) is 3.19. The molecule has 2 unspecified atom stereocenters. The maximum Gasteiger partial charge on any atom is 0.350 e. The molecule has 23 heavy (non-hydrogen) atoms. The summed E-state index contributed by atoms with van der Waals surface area (Å²) in [5, 5.41) is 20.1. The Morgan fingerprint density at radius 2 is 2.00 bits per heavy atom. The van der Waals surface area contributed by atoms with E-state index in [4.69, 9.17) is 4.84 Å². The fourth-order valence-electron chi connectivity index (χ4n) is 2.17. The Hall–Kier alpha value is -1.72. The van der Waals surface area contributed by atoms with Crippen LogP contribution >= 0.6 is 11.3 Å². The van der Waals surface area contributed by atoms with Gasteiger partial charge >= 0.3 is 6.03 Å². The number of carbonyl (C=O) groups excluding carboxylic acids is 1. The van der Waals surface area contributed by atoms with E-state index in [2.05, 4.69) is 16.3 Å². The first kappa shape index (κ1) is 19.3. The van der Waals surface area contributed by atoms with E-state index in [1.807, 2.05) is 34.6 Å². The van der Waals surface area contributed by atoms with E-state index >= 15 is 0 Å². The van der Waals surface area contributed by atoms with Gasteiger partial charge in [0.15, 0.2) is 0 Å². The number of amides is 2. The van der Waals surface area contributed by atoms with Crippen LogP contribution in [0.5, 0.6) is 0 Å². The van der Waals surface area contributed by atoms with E-state index in [0.29, 0.717) is 24.8 Å². The van der Waals surface area contributed by atoms with Gasteiger partial charge in [0.1, 0.15) is 5.01 Å². The number of urea groups is 1. The summed E-state index contributed by atoms with van der Waals surface area (Å²) in [6.07, 6.45) is 0.761. The number of carbonyl (C=O) groups is 1. The van der Waals surface area contributed by atoms with Gasteiger partial charge in [-0.2, -0.15) is 5.26 Å². The molecule has 7 nitrogen and oxygen atoms in total. The van der Waals surface area contributed by atoms with Gasteiger partial charge in [-0.05, 0) is 27.2 Å². The first-order valence-corrected chi connectivity index (χ1v) is 8.80. The van der Waals surface area contributed by atoms with Crippen molar-refractivity contribution in [3.05, 3.63) is 5.01 Å². The normalized spacial score (nSPS) is 13.2. The van der Waals surface area contributed by atoms with Gasteiger partial charge in [0.05, 0.1) is 18.6 Å². The van der Waals surface area contributed by atoms with E-state index in [0.717, 1.165) is 11.4 Å². The maximum atomic E-state index is 12.5. The molecule has 0 saturated carbocycles. The molecule has 2 amide bonds. The zero-order valence-corrected chi connectivity index (χ0v) is 15.3. The van der Waals surface area contributed by atoms with E-state index in [-0.39, 0.29) is 17.9 Å². The summed E-state index contributed by atoms with van der Waals surface area (Å²) in [5.41, 5.74) is 0. The van der Waals surface area contributed by atoms with Crippen molar-refractivity contribution in [2.75, 3.05) is 24.6 Å². The van der Waals surface area contributed by atoms with Crippen LogP contribution in [-0.4, -0.2) is 41.0 Å². The Morgan fingerprint density at radius 3 is 2.48 bits per heavy atom. The lowest BCUT2D eigenvalue weighted by atomic mass is 9.94. The van der Waals surface area contributed by atoms with Gasteiger partial charge in [-0.3, -0.25) is 9.74 Å². The van der Waals surface area contributed by atoms with E-state index < -0.39 is 0 Å². The molecular formula is C15H25N5O2S. The molecule has 0 spiro atoms. The highest BCUT2D eigenvalue weighted by molar-refractivity contribution is 7.15. The lowest BCUT2D eigenvalue weighted by Gasteiger charge is -2.25. The molecule has 0 aliphatic rings. The Balaban J connectivity index is 2.96. The SMILES string of the molecule is CCON(CC)C(=O)N(CC)c1nnc(C(C)C(C#N)CC)s1. The molecule has 0 bridgehead atoms. The summed E-state index contributed by atoms with van der Waals surface area (Å²) in [7, 11) is 0. The molecule has 1 heterocycles. The molecule has 0 aromatic carbocycles. The highest BCUT2D eigenvalue weighted by atomic mass is 32.1. The van der Waals surface area contributed by atoms with Crippen LogP contribution < -0.4 is 4.90 Å². The van der Waals surface area contributed by atoms with Crippen molar-refractivity contribution in [1.29, 1.82) is 5.26 Å². The van der Waals surface area contributed by atoms with Crippen molar-refractivity contribution in [1.82, 2.24) is 15.3 Å². The average molecular weight is 339 g/mol. The van der Waals surface area contributed by atoms with Gasteiger partial charge in [-0.25, -0.2) is 9.86 Å². The minimum Gasteiger partial charge on any atom is -0.270 e. The van der Waals surface area contributed by atoms with Crippen LogP contribution in [0.25, 0.3) is 0 Å². The number of hydroxylamine groups is 2. The van der Waals surface area contributed by atoms with Gasteiger partial charge in [0, 0.05) is 19.0 Å². The standard InChI is InChI=1S/C15H25N5O2S/c1-6-12(10-16)11(5)13-17-18-14(23-13)19(7-2)15(21)20(8-3)22-9-4/h11-12H,6-9H2,1-5H3. The van der Waals surface area contributed by atoms with Gasteiger partial charge in [0.2, 0.25) is 5.13 Å². The second kappa shape index (κ2) is 9.43. The summed E-state index contributed by atoms with van der Waals surface area (Å²) >= 11 is 1.36. The van der Waals surface area contributed by atoms with E-state index in [1.54, 1.807) is 4.90 Å². The molecule has 0 aliphatic heterocycles. The molecular weight excluding hydrogens is 314 g/mol. The predicted octanol–water partition coefficient (Wildman–Crippen LogP) is 3.41. The van der Waals surface area contributed by atoms with Crippen LogP contribution in [-0.2, 0) is 4.84 Å². The number of nitrogens with zero attached hydrogens (tertiary/aromatic N) is 5. The monoisotopic (exact) mass is 339 g/mol. The molecule has 0 N–H and O–H groups in total. The number of hydrogen-bond donors (Lipinski definition) is 0. The average Bonchev–Trinajstić information content (AvgIpc) is 3.03. The van der Waals surface area contributed by atoms with Crippen LogP contribution in [0.2, 0.25) is 0 Å². The Morgan fingerprint density at radius 1 is 1.30 bits per heavy atom. The number of hydrogen-bond acceptors (Lipinski definition) is 6. The van der Waals surface area contributed by atoms with Gasteiger partial charge in [0.25, 0.3) is 0 Å². The zero-order valence-electron chi connectivity index (χ0n) is 14.4. The predicted molar refractivity (Wildman–Crippen MR) is 90.1 cm³/mol. The molecule has 0 saturated heterocycles. The van der Waals surface area contributed by atoms with Crippen molar-refractivity contribution in [2.45, 2.75) is 47.0 Å². The first-order chi connectivity index (χ1) is 11.0. The zero-order chi connectivity index (χ0) is 17.4. The molecule has 1 aromatic heterocycles. The molecule has 2 atom stereocenters. The van der Waals surface area contributed by atoms with Crippen LogP contribution in [0, 0.1) is 17.2 Å². The maximum absolute atomic E-state index is 12.5. The topological polar surface area (TPSA) is 82.3 Å². The second-order valence-corrected chi connectivity index (χ2v) is 5.98. The number of anilines is 1. The largest absolute Gasteiger partial charge is 0.350 e. The summed E-state index contributed by atoms with van der Waals surface area (Å²) < 4.78 is 0. The smallest absolute Gasteiger partial charge is 0.270 e. The van der Waals surface area contributed by atoms with Crippen LogP contribution in [0.4, 0.5) is 9.93 Å². The number of nitriles is 1. The van der Waals surface area contributed by atoms with Gasteiger partial charge in [-0.15, -0.1) is 10.2 Å². The Kier molecular flexibility index (Phi) is 7.92. The molecule has 0 radical (unpaired) electrons. The molecule has 1 rings (SSSR count). The third-order valence-corrected chi connectivity index (χ3v) is 4.74. The van der Waals surface area contributed by atoms with Crippen molar-refractivity contribution >= 4 is 22.5 Å². The van der Waals surface area contributed by atoms with Crippen molar-refractivity contribution in [3.8, 4) is 6.07 Å². The van der Waals surface area contributed by atoms with Crippen molar-refractivity contribution in [3.63, 3.8) is 0 Å². The van der Waals surface area contributed by atoms with Crippen LogP contribution in [0.15, 0.2) is 0 Å². The van der Waals surface area contributed by atoms with Gasteiger partial charge in [-0.1, -0.05) is 25.2 Å². The fraction of sp³-hybridized carbons (Fsp3) is 0.733. The number of aromatic nitrogens is 2. The van der Waals surface area contributed by atoms with Crippen molar-refractivity contribution in [2.24, 2.45) is 5.92 Å². The Labute approximate surface area is 141 Å². The van der Waals surface area contributed by atoms with E-state index in [1.165, 1.54) is 16.4 Å². The van der Waals surface area contributed by atoms with E-state index in [9.17, 15) is 10.1 Å². The molecule has 8 heteroatoms. The second-order valence-electron chi connectivity index (χ2n) is 4.99. The minimum absolute atomic E-state index is 0.000715. The quantitative estimate of drug-likeness (QED) is 0.678. The molecule has 1 aromatic rings. The summed E-state index contributed by atoms with van der Waals surface area (Å²) in [6.45, 7) is 10.9. The lowest BCUT2D eigenvalue weighted by molar-refractivity contribution is -0.106. The summed E-state index contributed by atoms with van der Waals surface area (Å²) in [5.74, 6) is -0.101. The molecule has 0 aliphatic carbocycles.